The highest BCUT2D eigenvalue weighted by Crippen LogP contribution is 2.34. The number of fused-ring (bicyclic) bond motifs is 3. The number of pyridine rings is 1. The lowest BCUT2D eigenvalue weighted by Crippen LogP contribution is -2.37. The van der Waals surface area contributed by atoms with Crippen molar-refractivity contribution in [3.8, 4) is 0 Å². The van der Waals surface area contributed by atoms with Crippen LogP contribution in [0.15, 0.2) is 35.1 Å². The smallest absolute Gasteiger partial charge is 0.266 e. The van der Waals surface area contributed by atoms with Crippen molar-refractivity contribution in [2.75, 3.05) is 13.7 Å². The van der Waals surface area contributed by atoms with Gasteiger partial charge in [0, 0.05) is 23.9 Å². The van der Waals surface area contributed by atoms with Gasteiger partial charge < -0.3 is 14.6 Å². The number of hydrogen-bond acceptors (Lipinski definition) is 3. The maximum absolute atomic E-state index is 13.9. The average molecular weight is 438 g/mol. The summed E-state index contributed by atoms with van der Waals surface area (Å²) < 4.78 is 72.6. The fourth-order valence-corrected chi connectivity index (χ4v) is 3.73. The van der Waals surface area contributed by atoms with Gasteiger partial charge in [-0.2, -0.15) is 0 Å². The van der Waals surface area contributed by atoms with Gasteiger partial charge in [-0.1, -0.05) is 0 Å². The van der Waals surface area contributed by atoms with E-state index in [1.165, 1.54) is 11.9 Å². The summed E-state index contributed by atoms with van der Waals surface area (Å²) >= 11 is 0. The van der Waals surface area contributed by atoms with E-state index < -0.39 is 46.9 Å². The average Bonchev–Trinajstić information content (AvgIpc) is 2.73. The van der Waals surface area contributed by atoms with Crippen molar-refractivity contribution in [3.63, 3.8) is 0 Å². The van der Waals surface area contributed by atoms with E-state index in [2.05, 4.69) is 4.98 Å². The fourth-order valence-electron chi connectivity index (χ4n) is 3.73. The Bertz CT molecular complexity index is 1260. The quantitative estimate of drug-likeness (QED) is 0.623. The van der Waals surface area contributed by atoms with Crippen LogP contribution in [0.3, 0.4) is 0 Å². The molecule has 0 spiro atoms. The van der Waals surface area contributed by atoms with Gasteiger partial charge in [-0.25, -0.2) is 22.0 Å². The van der Waals surface area contributed by atoms with Gasteiger partial charge in [-0.05, 0) is 35.7 Å². The molecule has 10 heteroatoms. The number of nitrogens with zero attached hydrogens (tertiary/aromatic N) is 1. The Labute approximate surface area is 172 Å². The third kappa shape index (κ3) is 3.56. The molecule has 2 aromatic carbocycles. The van der Waals surface area contributed by atoms with Crippen LogP contribution in [-0.2, 0) is 11.3 Å². The first-order valence-corrected chi connectivity index (χ1v) is 9.15. The zero-order valence-corrected chi connectivity index (χ0v) is 16.0. The van der Waals surface area contributed by atoms with Gasteiger partial charge in [0.05, 0.1) is 30.2 Å². The summed E-state index contributed by atoms with van der Waals surface area (Å²) in [6, 6.07) is 3.44. The molecule has 2 heterocycles. The minimum absolute atomic E-state index is 0.0181. The summed E-state index contributed by atoms with van der Waals surface area (Å²) in [6.07, 6.45) is -3.03. The summed E-state index contributed by atoms with van der Waals surface area (Å²) in [4.78, 5) is 28.9. The van der Waals surface area contributed by atoms with Crippen LogP contribution < -0.4 is 5.56 Å². The normalized spacial score (nSPS) is 15.9. The second-order valence-corrected chi connectivity index (χ2v) is 7.14. The Balaban J connectivity index is 1.79. The molecular formula is C21H15F5N2O3. The first kappa shape index (κ1) is 21.0. The predicted molar refractivity (Wildman–Crippen MR) is 100 cm³/mol. The molecule has 1 N–H and O–H groups in total. The lowest BCUT2D eigenvalue weighted by Gasteiger charge is -2.34. The summed E-state index contributed by atoms with van der Waals surface area (Å²) in [5.41, 5.74) is -0.997. The zero-order valence-electron chi connectivity index (χ0n) is 16.0. The number of alkyl halides is 2. The minimum atomic E-state index is -3.03. The van der Waals surface area contributed by atoms with Crippen LogP contribution in [-0.4, -0.2) is 29.4 Å². The number of aromatic nitrogens is 1. The summed E-state index contributed by atoms with van der Waals surface area (Å²) in [5, 5.41) is 0.0163. The topological polar surface area (TPSA) is 62.4 Å². The molecule has 0 radical (unpaired) electrons. The van der Waals surface area contributed by atoms with Crippen LogP contribution in [0.1, 0.15) is 39.6 Å². The van der Waals surface area contributed by atoms with E-state index in [4.69, 9.17) is 4.74 Å². The number of ether oxygens (including phenoxy) is 1. The fraction of sp³-hybridized carbons (Fsp3) is 0.238. The van der Waals surface area contributed by atoms with E-state index in [-0.39, 0.29) is 29.5 Å². The molecule has 31 heavy (non-hydrogen) atoms. The predicted octanol–water partition coefficient (Wildman–Crippen LogP) is 4.23. The molecule has 1 aliphatic heterocycles. The molecule has 4 rings (SSSR count). The number of hydrogen-bond donors (Lipinski definition) is 1. The highest BCUT2D eigenvalue weighted by atomic mass is 19.3. The third-order valence-corrected chi connectivity index (χ3v) is 5.31. The molecule has 0 aliphatic carbocycles. The molecule has 1 aliphatic rings. The Kier molecular flexibility index (Phi) is 5.26. The molecule has 3 aromatic rings. The van der Waals surface area contributed by atoms with Gasteiger partial charge in [0.25, 0.3) is 17.9 Å². The van der Waals surface area contributed by atoms with E-state index in [1.54, 1.807) is 0 Å². The van der Waals surface area contributed by atoms with Crippen LogP contribution in [0.5, 0.6) is 0 Å². The molecule has 0 unspecified atom stereocenters. The molecule has 0 saturated heterocycles. The maximum atomic E-state index is 13.9. The van der Waals surface area contributed by atoms with Crippen molar-refractivity contribution in [1.29, 1.82) is 0 Å². The number of nitrogens with one attached hydrogen (secondary N) is 1. The van der Waals surface area contributed by atoms with Gasteiger partial charge in [0.1, 0.15) is 5.82 Å². The maximum Gasteiger partial charge on any atom is 0.266 e. The number of carbonyl (C=O) groups is 1. The summed E-state index contributed by atoms with van der Waals surface area (Å²) in [5.74, 6) is -4.28. The van der Waals surface area contributed by atoms with E-state index >= 15 is 0 Å². The monoisotopic (exact) mass is 438 g/mol. The molecular weight excluding hydrogens is 423 g/mol. The number of carbonyl (C=O) groups excluding carboxylic acids is 1. The first-order chi connectivity index (χ1) is 14.7. The van der Waals surface area contributed by atoms with Gasteiger partial charge in [-0.3, -0.25) is 9.59 Å². The van der Waals surface area contributed by atoms with Crippen molar-refractivity contribution in [1.82, 2.24) is 9.88 Å². The number of rotatable bonds is 3. The summed E-state index contributed by atoms with van der Waals surface area (Å²) in [6.45, 7) is -0.0528. The molecule has 5 nitrogen and oxygen atoms in total. The van der Waals surface area contributed by atoms with Gasteiger partial charge in [-0.15, -0.1) is 0 Å². The Morgan fingerprint density at radius 3 is 2.42 bits per heavy atom. The SMILES string of the molecule is CN(C(=O)c1ccc(C(F)F)c(F)c1)[C@H]1COCc2[nH]c(=O)c3cc(F)c(F)cc3c21. The number of aromatic amines is 1. The van der Waals surface area contributed by atoms with Crippen molar-refractivity contribution in [3.05, 3.63) is 80.5 Å². The van der Waals surface area contributed by atoms with Gasteiger partial charge in [0.15, 0.2) is 11.6 Å². The van der Waals surface area contributed by atoms with Gasteiger partial charge >= 0.3 is 0 Å². The zero-order chi connectivity index (χ0) is 22.4. The van der Waals surface area contributed by atoms with Gasteiger partial charge in [0.2, 0.25) is 0 Å². The molecule has 0 fully saturated rings. The minimum Gasteiger partial charge on any atom is -0.373 e. The van der Waals surface area contributed by atoms with Crippen molar-refractivity contribution in [2.45, 2.75) is 19.1 Å². The van der Waals surface area contributed by atoms with Crippen LogP contribution in [0.4, 0.5) is 22.0 Å². The van der Waals surface area contributed by atoms with E-state index in [0.717, 1.165) is 24.3 Å². The molecule has 162 valence electrons. The number of H-pyrrole nitrogens is 1. The molecule has 1 atom stereocenters. The largest absolute Gasteiger partial charge is 0.373 e. The number of halogens is 5. The molecule has 0 bridgehead atoms. The Morgan fingerprint density at radius 2 is 1.77 bits per heavy atom. The Hall–Kier alpha value is -3.27. The summed E-state index contributed by atoms with van der Waals surface area (Å²) in [7, 11) is 1.38. The van der Waals surface area contributed by atoms with Crippen LogP contribution >= 0.6 is 0 Å². The number of likely N-dealkylation sites (N-methyl/N-ethyl adjacent to an activating group) is 1. The molecule has 1 aromatic heterocycles. The highest BCUT2D eigenvalue weighted by molar-refractivity contribution is 5.95. The van der Waals surface area contributed by atoms with Crippen molar-refractivity contribution in [2.24, 2.45) is 0 Å². The van der Waals surface area contributed by atoms with Crippen LogP contribution in [0.2, 0.25) is 0 Å². The third-order valence-electron chi connectivity index (χ3n) is 5.31. The van der Waals surface area contributed by atoms with Crippen molar-refractivity contribution >= 4 is 16.7 Å². The lowest BCUT2D eigenvalue weighted by atomic mass is 9.95. The van der Waals surface area contributed by atoms with Crippen LogP contribution in [0, 0.1) is 17.5 Å². The second kappa shape index (κ2) is 7.77. The number of benzene rings is 2. The van der Waals surface area contributed by atoms with Crippen LogP contribution in [0.25, 0.3) is 10.8 Å². The van der Waals surface area contributed by atoms with E-state index in [9.17, 15) is 31.5 Å². The molecule has 0 saturated carbocycles. The standard InChI is InChI=1S/C21H15F5N2O3/c1-28(21(30)9-2-3-10(19(25)26)13(22)4-9)17-8-31-7-16-18(17)11-5-14(23)15(24)6-12(11)20(29)27-16/h2-6,17,19H,7-8H2,1H3,(H,27,29)/t17-/m0/s1. The number of amides is 1. The highest BCUT2D eigenvalue weighted by Gasteiger charge is 2.32. The lowest BCUT2D eigenvalue weighted by molar-refractivity contribution is 0.0335. The second-order valence-electron chi connectivity index (χ2n) is 7.14. The van der Waals surface area contributed by atoms with Crippen molar-refractivity contribution < 1.29 is 31.5 Å². The molecule has 1 amide bonds. The Morgan fingerprint density at radius 1 is 1.10 bits per heavy atom. The van der Waals surface area contributed by atoms with E-state index in [0.29, 0.717) is 17.3 Å². The first-order valence-electron chi connectivity index (χ1n) is 9.15. The van der Waals surface area contributed by atoms with E-state index in [1.807, 2.05) is 0 Å².